The van der Waals surface area contributed by atoms with E-state index in [1.54, 1.807) is 0 Å². The molecular formula is C23H46NO. The van der Waals surface area contributed by atoms with Crippen molar-refractivity contribution in [1.29, 1.82) is 0 Å². The van der Waals surface area contributed by atoms with Crippen LogP contribution in [-0.2, 0) is 4.79 Å². The Balaban J connectivity index is 3.34. The fourth-order valence-electron chi connectivity index (χ4n) is 3.32. The molecule has 0 aromatic carbocycles. The van der Waals surface area contributed by atoms with Crippen LogP contribution in [0.1, 0.15) is 124 Å². The normalized spacial score (nSPS) is 11.7. The van der Waals surface area contributed by atoms with E-state index in [1.165, 1.54) is 89.9 Å². The van der Waals surface area contributed by atoms with Gasteiger partial charge in [-0.1, -0.05) is 118 Å². The van der Waals surface area contributed by atoms with E-state index < -0.39 is 0 Å². The molecule has 0 rings (SSSR count). The third-order valence-electron chi connectivity index (χ3n) is 5.23. The maximum Gasteiger partial charge on any atom is 0.225 e. The summed E-state index contributed by atoms with van der Waals surface area (Å²) < 4.78 is 0. The lowest BCUT2D eigenvalue weighted by molar-refractivity contribution is -0.129. The third kappa shape index (κ3) is 15.4. The van der Waals surface area contributed by atoms with Gasteiger partial charge < -0.3 is 5.32 Å². The smallest absolute Gasteiger partial charge is 0.225 e. The lowest BCUT2D eigenvalue weighted by atomic mass is 9.85. The summed E-state index contributed by atoms with van der Waals surface area (Å²) in [6.07, 6.45) is 21.1. The summed E-state index contributed by atoms with van der Waals surface area (Å²) in [4.78, 5) is 12.0. The Morgan fingerprint density at radius 2 is 1.16 bits per heavy atom. The highest BCUT2D eigenvalue weighted by Crippen LogP contribution is 2.24. The zero-order chi connectivity index (χ0) is 18.8. The lowest BCUT2D eigenvalue weighted by Crippen LogP contribution is -2.37. The maximum atomic E-state index is 12.0. The van der Waals surface area contributed by atoms with Crippen molar-refractivity contribution < 1.29 is 4.79 Å². The Morgan fingerprint density at radius 3 is 1.56 bits per heavy atom. The summed E-state index contributed by atoms with van der Waals surface area (Å²) in [5, 5.41) is 2.97. The quantitative estimate of drug-likeness (QED) is 0.259. The van der Waals surface area contributed by atoms with Crippen LogP contribution in [0.25, 0.3) is 0 Å². The van der Waals surface area contributed by atoms with Crippen LogP contribution in [0.5, 0.6) is 0 Å². The van der Waals surface area contributed by atoms with Crippen LogP contribution < -0.4 is 5.32 Å². The molecule has 0 atom stereocenters. The largest absolute Gasteiger partial charge is 0.356 e. The maximum absolute atomic E-state index is 12.0. The molecule has 0 saturated carbocycles. The van der Waals surface area contributed by atoms with Crippen molar-refractivity contribution in [2.45, 2.75) is 124 Å². The number of rotatable bonds is 18. The lowest BCUT2D eigenvalue weighted by Gasteiger charge is -2.23. The van der Waals surface area contributed by atoms with E-state index >= 15 is 0 Å². The first-order valence-electron chi connectivity index (χ1n) is 11.1. The summed E-state index contributed by atoms with van der Waals surface area (Å²) in [5.74, 6) is 0.186. The molecule has 0 heterocycles. The van der Waals surface area contributed by atoms with Gasteiger partial charge in [0.05, 0.1) is 0 Å². The van der Waals surface area contributed by atoms with Gasteiger partial charge in [-0.2, -0.15) is 0 Å². The van der Waals surface area contributed by atoms with Crippen molar-refractivity contribution in [3.63, 3.8) is 0 Å². The van der Waals surface area contributed by atoms with E-state index in [1.807, 2.05) is 0 Å². The highest BCUT2D eigenvalue weighted by molar-refractivity contribution is 5.81. The van der Waals surface area contributed by atoms with Gasteiger partial charge in [-0.25, -0.2) is 0 Å². The van der Waals surface area contributed by atoms with Crippen LogP contribution in [0.4, 0.5) is 0 Å². The fraction of sp³-hybridized carbons (Fsp3) is 0.913. The number of unbranched alkanes of at least 4 members (excludes halogenated alkanes) is 13. The van der Waals surface area contributed by atoms with E-state index in [0.717, 1.165) is 12.8 Å². The molecule has 1 N–H and O–H groups in total. The summed E-state index contributed by atoms with van der Waals surface area (Å²) in [7, 11) is 0. The van der Waals surface area contributed by atoms with Gasteiger partial charge in [0.2, 0.25) is 5.91 Å². The van der Waals surface area contributed by atoms with Gasteiger partial charge in [-0.15, -0.1) is 0 Å². The molecule has 149 valence electrons. The number of hydrogen-bond donors (Lipinski definition) is 1. The second kappa shape index (κ2) is 16.9. The summed E-state index contributed by atoms with van der Waals surface area (Å²) in [6, 6.07) is 0. The topological polar surface area (TPSA) is 29.1 Å². The molecule has 0 saturated heterocycles. The molecule has 0 aliphatic carbocycles. The van der Waals surface area contributed by atoms with Crippen LogP contribution in [0.2, 0.25) is 0 Å². The number of carbonyl (C=O) groups is 1. The molecule has 0 aliphatic rings. The second-order valence-corrected chi connectivity index (χ2v) is 8.34. The summed E-state index contributed by atoms with van der Waals surface area (Å²) in [5.41, 5.74) is -0.230. The number of carbonyl (C=O) groups excluding carboxylic acids is 1. The molecule has 0 aromatic rings. The molecule has 0 unspecified atom stereocenters. The van der Waals surface area contributed by atoms with Crippen molar-refractivity contribution in [3.8, 4) is 0 Å². The molecule has 0 spiro atoms. The zero-order valence-corrected chi connectivity index (χ0v) is 17.6. The van der Waals surface area contributed by atoms with Gasteiger partial charge in [0.1, 0.15) is 0 Å². The predicted molar refractivity (Wildman–Crippen MR) is 112 cm³/mol. The Kier molecular flexibility index (Phi) is 16.6. The number of hydrogen-bond acceptors (Lipinski definition) is 1. The number of nitrogens with one attached hydrogen (secondary N) is 1. The summed E-state index contributed by atoms with van der Waals surface area (Å²) in [6.45, 7) is 10.9. The molecule has 0 aliphatic heterocycles. The minimum atomic E-state index is -0.230. The van der Waals surface area contributed by atoms with Gasteiger partial charge in [-0.05, 0) is 12.8 Å². The average molecular weight is 353 g/mol. The van der Waals surface area contributed by atoms with Crippen LogP contribution in [-0.4, -0.2) is 12.5 Å². The molecule has 0 bridgehead atoms. The molecule has 2 nitrogen and oxygen atoms in total. The molecule has 0 fully saturated rings. The van der Waals surface area contributed by atoms with Gasteiger partial charge in [0.15, 0.2) is 0 Å². The number of amides is 1. The van der Waals surface area contributed by atoms with Crippen molar-refractivity contribution >= 4 is 5.91 Å². The Bertz CT molecular complexity index is 298. The van der Waals surface area contributed by atoms with E-state index in [-0.39, 0.29) is 11.3 Å². The minimum absolute atomic E-state index is 0.186. The summed E-state index contributed by atoms with van der Waals surface area (Å²) >= 11 is 0. The van der Waals surface area contributed by atoms with E-state index in [4.69, 9.17) is 0 Å². The first-order chi connectivity index (χ1) is 12.0. The van der Waals surface area contributed by atoms with Crippen molar-refractivity contribution in [2.24, 2.45) is 5.41 Å². The van der Waals surface area contributed by atoms with Crippen LogP contribution in [0.3, 0.4) is 0 Å². The first-order valence-corrected chi connectivity index (χ1v) is 11.1. The van der Waals surface area contributed by atoms with Crippen molar-refractivity contribution in [1.82, 2.24) is 5.32 Å². The Morgan fingerprint density at radius 1 is 0.760 bits per heavy atom. The third-order valence-corrected chi connectivity index (χ3v) is 5.23. The van der Waals surface area contributed by atoms with Crippen LogP contribution in [0, 0.1) is 12.3 Å². The fourth-order valence-corrected chi connectivity index (χ4v) is 3.32. The van der Waals surface area contributed by atoms with Crippen LogP contribution >= 0.6 is 0 Å². The minimum Gasteiger partial charge on any atom is -0.356 e. The highest BCUT2D eigenvalue weighted by atomic mass is 16.2. The monoisotopic (exact) mass is 352 g/mol. The van der Waals surface area contributed by atoms with Gasteiger partial charge in [0.25, 0.3) is 0 Å². The molecule has 25 heavy (non-hydrogen) atoms. The van der Waals surface area contributed by atoms with E-state index in [2.05, 4.69) is 33.0 Å². The SMILES string of the molecule is [CH2]CCNC(=O)C(C)(C)CCCCCCCCCCCCCCCC. The molecule has 1 amide bonds. The Labute approximate surface area is 158 Å². The zero-order valence-electron chi connectivity index (χ0n) is 17.6. The van der Waals surface area contributed by atoms with E-state index in [0.29, 0.717) is 6.54 Å². The predicted octanol–water partition coefficient (Wildman–Crippen LogP) is 7.22. The average Bonchev–Trinajstić information content (AvgIpc) is 2.59. The standard InChI is InChI=1S/C23H46NO/c1-5-7-8-9-10-11-12-13-14-15-16-17-18-19-20-23(3,4)22(25)24-21-6-2/h2,5-21H2,1,3-4H3,(H,24,25). The highest BCUT2D eigenvalue weighted by Gasteiger charge is 2.26. The second-order valence-electron chi connectivity index (χ2n) is 8.34. The molecule has 1 radical (unpaired) electrons. The van der Waals surface area contributed by atoms with Gasteiger partial charge >= 0.3 is 0 Å². The Hall–Kier alpha value is -0.530. The van der Waals surface area contributed by atoms with Crippen molar-refractivity contribution in [3.05, 3.63) is 6.92 Å². The van der Waals surface area contributed by atoms with E-state index in [9.17, 15) is 4.79 Å². The molecule has 2 heteroatoms. The molecule has 0 aromatic heterocycles. The van der Waals surface area contributed by atoms with Gasteiger partial charge in [0, 0.05) is 12.0 Å². The molecular weight excluding hydrogens is 306 g/mol. The van der Waals surface area contributed by atoms with Gasteiger partial charge in [-0.3, -0.25) is 4.79 Å². The van der Waals surface area contributed by atoms with Crippen molar-refractivity contribution in [2.75, 3.05) is 6.54 Å². The first kappa shape index (κ1) is 24.5. The van der Waals surface area contributed by atoms with Crippen LogP contribution in [0.15, 0.2) is 0 Å².